The van der Waals surface area contributed by atoms with Gasteiger partial charge in [0.25, 0.3) is 11.8 Å². The third kappa shape index (κ3) is 6.82. The van der Waals surface area contributed by atoms with E-state index in [1.54, 1.807) is 4.90 Å². The van der Waals surface area contributed by atoms with E-state index in [1.807, 2.05) is 72.1 Å². The van der Waals surface area contributed by atoms with Crippen LogP contribution in [-0.2, 0) is 9.59 Å². The SMILES string of the molecule is C[C@H](c1ccccc1)N(C)C(=O)C[NH+](C)CC(=O)NC(C)(C)C. The highest BCUT2D eigenvalue weighted by Crippen LogP contribution is 2.17. The van der Waals surface area contributed by atoms with Crippen LogP contribution in [0.2, 0.25) is 0 Å². The summed E-state index contributed by atoms with van der Waals surface area (Å²) >= 11 is 0. The Morgan fingerprint density at radius 3 is 2.26 bits per heavy atom. The molecular weight excluding hydrogens is 290 g/mol. The van der Waals surface area contributed by atoms with Gasteiger partial charge in [-0.3, -0.25) is 9.59 Å². The molecule has 0 spiro atoms. The zero-order valence-electron chi connectivity index (χ0n) is 15.1. The third-order valence-electron chi connectivity index (χ3n) is 3.69. The van der Waals surface area contributed by atoms with E-state index in [2.05, 4.69) is 5.32 Å². The van der Waals surface area contributed by atoms with Gasteiger partial charge in [0.15, 0.2) is 13.1 Å². The van der Waals surface area contributed by atoms with Crippen LogP contribution in [0.15, 0.2) is 30.3 Å². The summed E-state index contributed by atoms with van der Waals surface area (Å²) in [6.07, 6.45) is 0. The summed E-state index contributed by atoms with van der Waals surface area (Å²) in [4.78, 5) is 26.9. The third-order valence-corrected chi connectivity index (χ3v) is 3.69. The van der Waals surface area contributed by atoms with Crippen molar-refractivity contribution >= 4 is 11.8 Å². The largest absolute Gasteiger partial charge is 0.347 e. The van der Waals surface area contributed by atoms with Crippen LogP contribution in [0.3, 0.4) is 0 Å². The second kappa shape index (κ2) is 8.11. The Hall–Kier alpha value is -1.88. The summed E-state index contributed by atoms with van der Waals surface area (Å²) in [6, 6.07) is 9.95. The van der Waals surface area contributed by atoms with Crippen molar-refractivity contribution in [1.29, 1.82) is 0 Å². The fraction of sp³-hybridized carbons (Fsp3) is 0.556. The van der Waals surface area contributed by atoms with E-state index >= 15 is 0 Å². The molecule has 2 N–H and O–H groups in total. The first-order valence-corrected chi connectivity index (χ1v) is 8.03. The highest BCUT2D eigenvalue weighted by atomic mass is 16.2. The normalized spacial score (nSPS) is 14.0. The molecule has 0 fully saturated rings. The predicted octanol–water partition coefficient (Wildman–Crippen LogP) is 0.635. The molecule has 0 aliphatic carbocycles. The van der Waals surface area contributed by atoms with E-state index < -0.39 is 0 Å². The lowest BCUT2D eigenvalue weighted by atomic mass is 10.1. The quantitative estimate of drug-likeness (QED) is 0.808. The summed E-state index contributed by atoms with van der Waals surface area (Å²) in [6.45, 7) is 8.43. The first kappa shape index (κ1) is 19.2. The summed E-state index contributed by atoms with van der Waals surface area (Å²) < 4.78 is 0. The standard InChI is InChI=1S/C18H29N3O2/c1-14(15-10-8-7-9-11-15)21(6)17(23)13-20(5)12-16(22)19-18(2,3)4/h7-11,14H,12-13H2,1-6H3,(H,19,22)/p+1/t14-/m1/s1. The summed E-state index contributed by atoms with van der Waals surface area (Å²) in [7, 11) is 3.67. The van der Waals surface area contributed by atoms with Gasteiger partial charge in [-0.25, -0.2) is 0 Å². The maximum absolute atomic E-state index is 12.4. The van der Waals surface area contributed by atoms with Crippen LogP contribution >= 0.6 is 0 Å². The van der Waals surface area contributed by atoms with Crippen molar-refractivity contribution < 1.29 is 14.5 Å². The Kier molecular flexibility index (Phi) is 6.76. The fourth-order valence-corrected chi connectivity index (χ4v) is 2.35. The van der Waals surface area contributed by atoms with Crippen LogP contribution in [0.25, 0.3) is 0 Å². The minimum atomic E-state index is -0.250. The molecule has 1 rings (SSSR count). The minimum absolute atomic E-state index is 0.0138. The monoisotopic (exact) mass is 320 g/mol. The van der Waals surface area contributed by atoms with Crippen molar-refractivity contribution in [2.75, 3.05) is 27.2 Å². The fourth-order valence-electron chi connectivity index (χ4n) is 2.35. The molecule has 1 aromatic rings. The summed E-state index contributed by atoms with van der Waals surface area (Å²) in [5.74, 6) is -0.0102. The van der Waals surface area contributed by atoms with Gasteiger partial charge in [0.2, 0.25) is 0 Å². The molecule has 5 heteroatoms. The average Bonchev–Trinajstić information content (AvgIpc) is 2.44. The topological polar surface area (TPSA) is 53.9 Å². The zero-order chi connectivity index (χ0) is 17.6. The van der Waals surface area contributed by atoms with E-state index in [4.69, 9.17) is 0 Å². The molecule has 0 radical (unpaired) electrons. The number of rotatable bonds is 6. The number of likely N-dealkylation sites (N-methyl/N-ethyl adjacent to an activating group) is 2. The van der Waals surface area contributed by atoms with Gasteiger partial charge >= 0.3 is 0 Å². The van der Waals surface area contributed by atoms with Crippen LogP contribution in [0.5, 0.6) is 0 Å². The molecule has 0 aliphatic heterocycles. The maximum Gasteiger partial charge on any atom is 0.278 e. The number of hydrogen-bond donors (Lipinski definition) is 2. The highest BCUT2D eigenvalue weighted by Gasteiger charge is 2.22. The van der Waals surface area contributed by atoms with Crippen LogP contribution in [0.4, 0.5) is 0 Å². The number of quaternary nitrogens is 1. The number of nitrogens with zero attached hydrogens (tertiary/aromatic N) is 1. The molecule has 1 unspecified atom stereocenters. The van der Waals surface area contributed by atoms with Crippen molar-refractivity contribution in [2.45, 2.75) is 39.3 Å². The average molecular weight is 320 g/mol. The Morgan fingerprint density at radius 2 is 1.74 bits per heavy atom. The van der Waals surface area contributed by atoms with E-state index in [0.29, 0.717) is 6.54 Å². The minimum Gasteiger partial charge on any atom is -0.347 e. The molecule has 1 aromatic carbocycles. The van der Waals surface area contributed by atoms with Crippen molar-refractivity contribution in [2.24, 2.45) is 0 Å². The smallest absolute Gasteiger partial charge is 0.278 e. The number of nitrogens with one attached hydrogen (secondary N) is 2. The molecule has 0 saturated heterocycles. The Balaban J connectivity index is 2.53. The van der Waals surface area contributed by atoms with E-state index in [1.165, 1.54) is 0 Å². The van der Waals surface area contributed by atoms with Crippen LogP contribution < -0.4 is 10.2 Å². The summed E-state index contributed by atoms with van der Waals surface area (Å²) in [5, 5.41) is 2.92. The first-order chi connectivity index (χ1) is 10.6. The van der Waals surface area contributed by atoms with Crippen molar-refractivity contribution in [1.82, 2.24) is 10.2 Å². The molecule has 0 saturated carbocycles. The first-order valence-electron chi connectivity index (χ1n) is 8.03. The lowest BCUT2D eigenvalue weighted by Crippen LogP contribution is -3.11. The van der Waals surface area contributed by atoms with E-state index in [9.17, 15) is 9.59 Å². The van der Waals surface area contributed by atoms with Gasteiger partial charge in [-0.1, -0.05) is 30.3 Å². The van der Waals surface area contributed by atoms with Crippen LogP contribution in [0.1, 0.15) is 39.3 Å². The molecule has 128 valence electrons. The van der Waals surface area contributed by atoms with Gasteiger partial charge in [-0.2, -0.15) is 0 Å². The van der Waals surface area contributed by atoms with Crippen molar-refractivity contribution in [3.8, 4) is 0 Å². The summed E-state index contributed by atoms with van der Waals surface area (Å²) in [5.41, 5.74) is 0.853. The number of amides is 2. The maximum atomic E-state index is 12.4. The highest BCUT2D eigenvalue weighted by molar-refractivity contribution is 5.79. The molecule has 2 atom stereocenters. The molecule has 23 heavy (non-hydrogen) atoms. The van der Waals surface area contributed by atoms with Gasteiger partial charge < -0.3 is 15.1 Å². The van der Waals surface area contributed by atoms with Gasteiger partial charge in [-0.15, -0.1) is 0 Å². The molecular formula is C18H30N3O2+. The Morgan fingerprint density at radius 1 is 1.17 bits per heavy atom. The zero-order valence-corrected chi connectivity index (χ0v) is 15.1. The molecule has 0 aliphatic rings. The van der Waals surface area contributed by atoms with E-state index in [0.717, 1.165) is 10.5 Å². The molecule has 0 bridgehead atoms. The molecule has 0 heterocycles. The van der Waals surface area contributed by atoms with E-state index in [-0.39, 0.29) is 29.9 Å². The van der Waals surface area contributed by atoms with Gasteiger partial charge in [-0.05, 0) is 33.3 Å². The van der Waals surface area contributed by atoms with Crippen LogP contribution in [0, 0.1) is 0 Å². The molecule has 2 amide bonds. The van der Waals surface area contributed by atoms with Gasteiger partial charge in [0.05, 0.1) is 13.1 Å². The molecule has 5 nitrogen and oxygen atoms in total. The Bertz CT molecular complexity index is 523. The number of carbonyl (C=O) groups excluding carboxylic acids is 2. The number of benzene rings is 1. The van der Waals surface area contributed by atoms with Crippen molar-refractivity contribution in [3.05, 3.63) is 35.9 Å². The lowest BCUT2D eigenvalue weighted by molar-refractivity contribution is -0.863. The number of hydrogen-bond acceptors (Lipinski definition) is 2. The second-order valence-electron chi connectivity index (χ2n) is 7.20. The lowest BCUT2D eigenvalue weighted by Gasteiger charge is -2.27. The number of carbonyl (C=O) groups is 2. The van der Waals surface area contributed by atoms with Gasteiger partial charge in [0, 0.05) is 12.6 Å². The van der Waals surface area contributed by atoms with Crippen molar-refractivity contribution in [3.63, 3.8) is 0 Å². The van der Waals surface area contributed by atoms with Crippen LogP contribution in [-0.4, -0.2) is 49.4 Å². The van der Waals surface area contributed by atoms with Gasteiger partial charge in [0.1, 0.15) is 0 Å². The Labute approximate surface area is 139 Å². The molecule has 0 aromatic heterocycles. The second-order valence-corrected chi connectivity index (χ2v) is 7.20. The predicted molar refractivity (Wildman–Crippen MR) is 92.1 cm³/mol.